The molecule has 4 aromatic carbocycles. The van der Waals surface area contributed by atoms with E-state index >= 15 is 0 Å². The number of hydrogen-bond acceptors (Lipinski definition) is 5. The lowest BCUT2D eigenvalue weighted by Gasteiger charge is -2.22. The molecule has 0 N–H and O–H groups in total. The van der Waals surface area contributed by atoms with Crippen molar-refractivity contribution in [3.63, 3.8) is 0 Å². The third kappa shape index (κ3) is 8.50. The number of ether oxygens (including phenoxy) is 4. The minimum atomic E-state index is -0.610. The molecule has 5 rings (SSSR count). The van der Waals surface area contributed by atoms with Crippen LogP contribution in [0.25, 0.3) is 23.3 Å². The molecule has 2 atom stereocenters. The van der Waals surface area contributed by atoms with E-state index in [4.69, 9.17) is 18.9 Å². The quantitative estimate of drug-likeness (QED) is 0.100. The van der Waals surface area contributed by atoms with Gasteiger partial charge in [0.2, 0.25) is 0 Å². The lowest BCUT2D eigenvalue weighted by Crippen LogP contribution is -2.28. The van der Waals surface area contributed by atoms with Crippen LogP contribution < -0.4 is 4.74 Å². The first-order valence-corrected chi connectivity index (χ1v) is 16.2. The van der Waals surface area contributed by atoms with Gasteiger partial charge in [-0.3, -0.25) is 0 Å². The number of esters is 1. The van der Waals surface area contributed by atoms with Gasteiger partial charge in [-0.05, 0) is 89.4 Å². The molecule has 2 unspecified atom stereocenters. The number of carbonyl (C=O) groups excluding carboxylic acids is 1. The second-order valence-electron chi connectivity index (χ2n) is 11.3. The molecule has 0 spiro atoms. The maximum absolute atomic E-state index is 12.2. The maximum atomic E-state index is 12.2. The zero-order valence-electron chi connectivity index (χ0n) is 26.7. The summed E-state index contributed by atoms with van der Waals surface area (Å²) in [6.45, 7) is 7.53. The van der Waals surface area contributed by atoms with Crippen LogP contribution in [0.4, 0.5) is 0 Å². The monoisotopic (exact) mass is 604 g/mol. The SMILES string of the molecule is CCCCc1ccc2c(c1)C(OCCOc1ccc(CC(OCC)C(=O)OCC)cc1)c1ccc(-c3ccccc3)cc1C=C2. The van der Waals surface area contributed by atoms with Crippen LogP contribution in [0.1, 0.15) is 73.1 Å². The van der Waals surface area contributed by atoms with Crippen molar-refractivity contribution >= 4 is 18.1 Å². The van der Waals surface area contributed by atoms with Crippen molar-refractivity contribution in [1.82, 2.24) is 0 Å². The predicted octanol–water partition coefficient (Wildman–Crippen LogP) is 8.88. The van der Waals surface area contributed by atoms with E-state index in [9.17, 15) is 4.79 Å². The van der Waals surface area contributed by atoms with Crippen molar-refractivity contribution < 1.29 is 23.7 Å². The highest BCUT2D eigenvalue weighted by molar-refractivity contribution is 5.79. The molecular weight excluding hydrogens is 560 g/mol. The molecule has 0 saturated heterocycles. The molecule has 0 aromatic heterocycles. The Morgan fingerprint density at radius 3 is 2.27 bits per heavy atom. The third-order valence-corrected chi connectivity index (χ3v) is 8.07. The molecule has 5 nitrogen and oxygen atoms in total. The van der Waals surface area contributed by atoms with Crippen molar-refractivity contribution in [2.24, 2.45) is 0 Å². The predicted molar refractivity (Wildman–Crippen MR) is 181 cm³/mol. The molecule has 45 heavy (non-hydrogen) atoms. The van der Waals surface area contributed by atoms with E-state index in [2.05, 4.69) is 79.7 Å². The first-order valence-electron chi connectivity index (χ1n) is 16.2. The number of rotatable bonds is 15. The summed E-state index contributed by atoms with van der Waals surface area (Å²) in [5, 5.41) is 0. The molecule has 0 radical (unpaired) electrons. The minimum absolute atomic E-state index is 0.208. The van der Waals surface area contributed by atoms with Crippen molar-refractivity contribution in [1.29, 1.82) is 0 Å². The van der Waals surface area contributed by atoms with Crippen LogP contribution in [0.2, 0.25) is 0 Å². The Labute approximate surface area is 267 Å². The smallest absolute Gasteiger partial charge is 0.335 e. The van der Waals surface area contributed by atoms with Gasteiger partial charge < -0.3 is 18.9 Å². The van der Waals surface area contributed by atoms with Gasteiger partial charge in [0, 0.05) is 13.0 Å². The van der Waals surface area contributed by atoms with Gasteiger partial charge in [0.05, 0.1) is 13.2 Å². The number of benzene rings is 4. The molecule has 0 aliphatic heterocycles. The van der Waals surface area contributed by atoms with Gasteiger partial charge in [0.25, 0.3) is 0 Å². The fourth-order valence-corrected chi connectivity index (χ4v) is 5.74. The lowest BCUT2D eigenvalue weighted by atomic mass is 9.92. The van der Waals surface area contributed by atoms with Crippen molar-refractivity contribution in [2.75, 3.05) is 26.4 Å². The Morgan fingerprint density at radius 1 is 0.733 bits per heavy atom. The van der Waals surface area contributed by atoms with E-state index in [1.165, 1.54) is 40.7 Å². The first-order chi connectivity index (χ1) is 22.1. The van der Waals surface area contributed by atoms with E-state index < -0.39 is 6.10 Å². The molecule has 0 heterocycles. The van der Waals surface area contributed by atoms with Gasteiger partial charge in [-0.25, -0.2) is 4.79 Å². The average molecular weight is 605 g/mol. The van der Waals surface area contributed by atoms with E-state index in [0.29, 0.717) is 32.8 Å². The number of aryl methyl sites for hydroxylation is 1. The largest absolute Gasteiger partial charge is 0.491 e. The Kier molecular flexibility index (Phi) is 11.6. The Morgan fingerprint density at radius 2 is 1.51 bits per heavy atom. The van der Waals surface area contributed by atoms with Crippen LogP contribution in [0.15, 0.2) is 91.0 Å². The summed E-state index contributed by atoms with van der Waals surface area (Å²) >= 11 is 0. The van der Waals surface area contributed by atoms with Crippen molar-refractivity contribution in [2.45, 2.75) is 58.7 Å². The normalized spacial score (nSPS) is 14.2. The zero-order chi connectivity index (χ0) is 31.4. The first kappa shape index (κ1) is 32.2. The molecule has 0 saturated carbocycles. The Bertz CT molecular complexity index is 1560. The van der Waals surface area contributed by atoms with Crippen LogP contribution in [0.5, 0.6) is 5.75 Å². The molecule has 0 amide bonds. The highest BCUT2D eigenvalue weighted by Gasteiger charge is 2.24. The summed E-state index contributed by atoms with van der Waals surface area (Å²) in [6, 6.07) is 31.7. The summed E-state index contributed by atoms with van der Waals surface area (Å²) < 4.78 is 23.5. The zero-order valence-corrected chi connectivity index (χ0v) is 26.7. The second kappa shape index (κ2) is 16.2. The van der Waals surface area contributed by atoms with Gasteiger partial charge in [-0.1, -0.05) is 98.3 Å². The second-order valence-corrected chi connectivity index (χ2v) is 11.3. The highest BCUT2D eigenvalue weighted by atomic mass is 16.6. The fraction of sp³-hybridized carbons (Fsp3) is 0.325. The van der Waals surface area contributed by atoms with Crippen molar-refractivity contribution in [3.05, 3.63) is 124 Å². The topological polar surface area (TPSA) is 54.0 Å². The Hall–Kier alpha value is -4.19. The van der Waals surface area contributed by atoms with Crippen LogP contribution in [-0.4, -0.2) is 38.5 Å². The van der Waals surface area contributed by atoms with E-state index in [1.54, 1.807) is 6.92 Å². The van der Waals surface area contributed by atoms with Gasteiger partial charge in [0.1, 0.15) is 18.5 Å². The molecular formula is C40H44O5. The molecule has 1 aliphatic carbocycles. The van der Waals surface area contributed by atoms with Crippen LogP contribution >= 0.6 is 0 Å². The summed E-state index contributed by atoms with van der Waals surface area (Å²) in [5.74, 6) is 0.423. The van der Waals surface area contributed by atoms with Gasteiger partial charge in [0.15, 0.2) is 6.10 Å². The lowest BCUT2D eigenvalue weighted by molar-refractivity contribution is -0.156. The minimum Gasteiger partial charge on any atom is -0.491 e. The summed E-state index contributed by atoms with van der Waals surface area (Å²) in [5.41, 5.74) is 9.41. The van der Waals surface area contributed by atoms with E-state index in [-0.39, 0.29) is 12.1 Å². The summed E-state index contributed by atoms with van der Waals surface area (Å²) in [6.07, 6.45) is 7.46. The van der Waals surface area contributed by atoms with Crippen LogP contribution in [0.3, 0.4) is 0 Å². The molecule has 234 valence electrons. The molecule has 4 aromatic rings. The summed E-state index contributed by atoms with van der Waals surface area (Å²) in [7, 11) is 0. The van der Waals surface area contributed by atoms with E-state index in [1.807, 2.05) is 37.3 Å². The number of unbranched alkanes of at least 4 members (excludes halogenated alkanes) is 1. The third-order valence-electron chi connectivity index (χ3n) is 8.07. The fourth-order valence-electron chi connectivity index (χ4n) is 5.74. The molecule has 1 aliphatic rings. The van der Waals surface area contributed by atoms with Gasteiger partial charge in [-0.2, -0.15) is 0 Å². The standard InChI is InChI=1S/C40H44O5/c1-4-7-11-29-14-17-32-18-19-34-28-33(31-12-9-8-10-13-31)20-23-36(34)39(37(32)26-29)45-25-24-44-35-21-15-30(16-22-35)27-38(42-5-2)40(41)43-6-3/h8-10,12-23,26,28,38-39H,4-7,11,24-25,27H2,1-3H3. The maximum Gasteiger partial charge on any atom is 0.335 e. The number of fused-ring (bicyclic) bond motifs is 2. The van der Waals surface area contributed by atoms with E-state index in [0.717, 1.165) is 28.9 Å². The van der Waals surface area contributed by atoms with Gasteiger partial charge >= 0.3 is 5.97 Å². The van der Waals surface area contributed by atoms with Crippen LogP contribution in [0, 0.1) is 0 Å². The summed E-state index contributed by atoms with van der Waals surface area (Å²) in [4.78, 5) is 12.2. The molecule has 0 fully saturated rings. The molecule has 5 heteroatoms. The average Bonchev–Trinajstić information content (AvgIpc) is 3.22. The van der Waals surface area contributed by atoms with Crippen molar-refractivity contribution in [3.8, 4) is 16.9 Å². The highest BCUT2D eigenvalue weighted by Crippen LogP contribution is 2.38. The molecule has 0 bridgehead atoms. The Balaban J connectivity index is 1.29. The van der Waals surface area contributed by atoms with Crippen LogP contribution in [-0.2, 0) is 31.8 Å². The van der Waals surface area contributed by atoms with Gasteiger partial charge in [-0.15, -0.1) is 0 Å². The number of hydrogen-bond donors (Lipinski definition) is 0. The number of carbonyl (C=O) groups is 1.